The topological polar surface area (TPSA) is 67.8 Å². The summed E-state index contributed by atoms with van der Waals surface area (Å²) >= 11 is 0. The average molecular weight is 395 g/mol. The molecule has 0 aromatic heterocycles. The van der Waals surface area contributed by atoms with Crippen LogP contribution < -0.4 is 14.8 Å². The molecule has 2 unspecified atom stereocenters. The van der Waals surface area contributed by atoms with E-state index in [4.69, 9.17) is 9.47 Å². The third-order valence-corrected chi connectivity index (χ3v) is 6.25. The third-order valence-electron chi connectivity index (χ3n) is 6.25. The molecule has 0 bridgehead atoms. The molecule has 4 rings (SSSR count). The van der Waals surface area contributed by atoms with E-state index in [9.17, 15) is 9.90 Å². The van der Waals surface area contributed by atoms with Crippen LogP contribution in [0.2, 0.25) is 0 Å². The molecular weight excluding hydrogens is 366 g/mol. The second-order valence-electron chi connectivity index (χ2n) is 8.22. The monoisotopic (exact) mass is 395 g/mol. The lowest BCUT2D eigenvalue weighted by Crippen LogP contribution is -2.21. The number of nitrogens with one attached hydrogen (secondary N) is 1. The molecule has 0 radical (unpaired) electrons. The number of ether oxygens (including phenoxy) is 2. The van der Waals surface area contributed by atoms with Crippen LogP contribution in [0.1, 0.15) is 48.3 Å². The van der Waals surface area contributed by atoms with Crippen LogP contribution in [0.3, 0.4) is 0 Å². The number of rotatable bonds is 6. The molecule has 5 nitrogen and oxygen atoms in total. The first-order valence-corrected chi connectivity index (χ1v) is 10.5. The fraction of sp³-hybridized carbons (Fsp3) is 0.458. The van der Waals surface area contributed by atoms with Crippen molar-refractivity contribution < 1.29 is 19.4 Å². The number of hydrogen-bond donors (Lipinski definition) is 2. The molecule has 1 amide bonds. The maximum absolute atomic E-state index is 12.6. The van der Waals surface area contributed by atoms with Gasteiger partial charge in [-0.25, -0.2) is 0 Å². The van der Waals surface area contributed by atoms with Gasteiger partial charge in [-0.1, -0.05) is 18.2 Å². The van der Waals surface area contributed by atoms with Crippen molar-refractivity contribution >= 4 is 5.91 Å². The Hall–Kier alpha value is -2.69. The van der Waals surface area contributed by atoms with E-state index in [0.717, 1.165) is 41.0 Å². The minimum absolute atomic E-state index is 0.0773. The van der Waals surface area contributed by atoms with E-state index >= 15 is 0 Å². The molecule has 1 aliphatic carbocycles. The zero-order chi connectivity index (χ0) is 20.4. The molecule has 1 aliphatic heterocycles. The fourth-order valence-electron chi connectivity index (χ4n) is 4.55. The van der Waals surface area contributed by atoms with E-state index in [2.05, 4.69) is 11.4 Å². The Morgan fingerprint density at radius 2 is 1.90 bits per heavy atom. The van der Waals surface area contributed by atoms with E-state index in [1.54, 1.807) is 13.2 Å². The van der Waals surface area contributed by atoms with Crippen molar-refractivity contribution in [2.75, 3.05) is 13.7 Å². The van der Waals surface area contributed by atoms with E-state index in [1.165, 1.54) is 12.8 Å². The van der Waals surface area contributed by atoms with E-state index in [1.807, 2.05) is 31.2 Å². The van der Waals surface area contributed by atoms with Gasteiger partial charge in [0.2, 0.25) is 5.91 Å². The Labute approximate surface area is 172 Å². The van der Waals surface area contributed by atoms with Gasteiger partial charge in [0.05, 0.1) is 19.1 Å². The van der Waals surface area contributed by atoms with Crippen molar-refractivity contribution in [1.29, 1.82) is 0 Å². The van der Waals surface area contributed by atoms with Crippen LogP contribution in [-0.4, -0.2) is 30.8 Å². The minimum atomic E-state index is -0.147. The van der Waals surface area contributed by atoms with Gasteiger partial charge >= 0.3 is 0 Å². The average Bonchev–Trinajstić information content (AvgIpc) is 3.35. The van der Waals surface area contributed by atoms with Gasteiger partial charge in [-0.3, -0.25) is 4.79 Å². The predicted octanol–water partition coefficient (Wildman–Crippen LogP) is 4.10. The largest absolute Gasteiger partial charge is 0.508 e. The molecule has 2 aromatic carbocycles. The number of phenolic OH excluding ortho intramolecular Hbond substituents is 1. The summed E-state index contributed by atoms with van der Waals surface area (Å²) in [5.74, 6) is 1.80. The molecule has 1 heterocycles. The van der Waals surface area contributed by atoms with Gasteiger partial charge in [-0.15, -0.1) is 0 Å². The lowest BCUT2D eigenvalue weighted by Gasteiger charge is -2.21. The SMILES string of the molecule is COc1ccc(C2CNC(=O)C2Cc2ccc(O)c(C)c2)cc1OC1CCCC1. The zero-order valence-electron chi connectivity index (χ0n) is 17.1. The van der Waals surface area contributed by atoms with E-state index in [0.29, 0.717) is 13.0 Å². The predicted molar refractivity (Wildman–Crippen MR) is 112 cm³/mol. The number of carbonyl (C=O) groups excluding carboxylic acids is 1. The molecule has 2 N–H and O–H groups in total. The Morgan fingerprint density at radius 1 is 1.10 bits per heavy atom. The van der Waals surface area contributed by atoms with E-state index < -0.39 is 0 Å². The second-order valence-corrected chi connectivity index (χ2v) is 8.22. The molecule has 2 aliphatic rings. The number of aryl methyl sites for hydroxylation is 1. The summed E-state index contributed by atoms with van der Waals surface area (Å²) in [6.07, 6.45) is 5.48. The van der Waals surface area contributed by atoms with Crippen LogP contribution >= 0.6 is 0 Å². The second kappa shape index (κ2) is 8.36. The number of phenols is 1. The molecule has 2 fully saturated rings. The lowest BCUT2D eigenvalue weighted by molar-refractivity contribution is -0.122. The quantitative estimate of drug-likeness (QED) is 0.773. The molecule has 2 aromatic rings. The van der Waals surface area contributed by atoms with Crippen molar-refractivity contribution in [3.8, 4) is 17.2 Å². The van der Waals surface area contributed by atoms with Crippen LogP contribution in [0, 0.1) is 12.8 Å². The first-order valence-electron chi connectivity index (χ1n) is 10.5. The standard InChI is InChI=1S/C24H29NO4/c1-15-11-16(7-9-21(15)26)12-19-20(14-25-24(19)27)17-8-10-22(28-2)23(13-17)29-18-5-3-4-6-18/h7-11,13,18-20,26H,3-6,12,14H2,1-2H3,(H,25,27). The van der Waals surface area contributed by atoms with Crippen molar-refractivity contribution in [3.05, 3.63) is 53.1 Å². The van der Waals surface area contributed by atoms with Gasteiger partial charge in [-0.2, -0.15) is 0 Å². The van der Waals surface area contributed by atoms with Gasteiger partial charge in [-0.05, 0) is 73.9 Å². The molecule has 154 valence electrons. The van der Waals surface area contributed by atoms with Gasteiger partial charge < -0.3 is 19.9 Å². The number of aromatic hydroxyl groups is 1. The van der Waals surface area contributed by atoms with Crippen LogP contribution in [0.4, 0.5) is 0 Å². The van der Waals surface area contributed by atoms with Crippen LogP contribution in [0.15, 0.2) is 36.4 Å². The summed E-state index contributed by atoms with van der Waals surface area (Å²) in [4.78, 5) is 12.6. The molecule has 1 saturated carbocycles. The highest BCUT2D eigenvalue weighted by Gasteiger charge is 2.36. The summed E-state index contributed by atoms with van der Waals surface area (Å²) in [6.45, 7) is 2.50. The van der Waals surface area contributed by atoms with Crippen molar-refractivity contribution in [2.45, 2.75) is 51.0 Å². The summed E-state index contributed by atoms with van der Waals surface area (Å²) in [5.41, 5.74) is 2.98. The number of carbonyl (C=O) groups is 1. The summed E-state index contributed by atoms with van der Waals surface area (Å²) in [7, 11) is 1.66. The first-order chi connectivity index (χ1) is 14.0. The minimum Gasteiger partial charge on any atom is -0.508 e. The fourth-order valence-corrected chi connectivity index (χ4v) is 4.55. The number of amides is 1. The molecular formula is C24H29NO4. The van der Waals surface area contributed by atoms with Gasteiger partial charge in [0.15, 0.2) is 11.5 Å². The molecule has 2 atom stereocenters. The Balaban J connectivity index is 1.58. The summed E-state index contributed by atoms with van der Waals surface area (Å²) < 4.78 is 11.8. The number of benzene rings is 2. The van der Waals surface area contributed by atoms with Crippen molar-refractivity contribution in [3.63, 3.8) is 0 Å². The highest BCUT2D eigenvalue weighted by atomic mass is 16.5. The van der Waals surface area contributed by atoms with Gasteiger partial charge in [0, 0.05) is 12.5 Å². The smallest absolute Gasteiger partial charge is 0.224 e. The van der Waals surface area contributed by atoms with Gasteiger partial charge in [0.25, 0.3) is 0 Å². The van der Waals surface area contributed by atoms with Crippen LogP contribution in [0.5, 0.6) is 17.2 Å². The Kier molecular flexibility index (Phi) is 5.65. The van der Waals surface area contributed by atoms with Crippen LogP contribution in [0.25, 0.3) is 0 Å². The van der Waals surface area contributed by atoms with Crippen LogP contribution in [-0.2, 0) is 11.2 Å². The maximum Gasteiger partial charge on any atom is 0.224 e. The van der Waals surface area contributed by atoms with Crippen molar-refractivity contribution in [1.82, 2.24) is 5.32 Å². The summed E-state index contributed by atoms with van der Waals surface area (Å²) in [6, 6.07) is 11.6. The third kappa shape index (κ3) is 4.19. The highest BCUT2D eigenvalue weighted by molar-refractivity contribution is 5.82. The normalized spacial score (nSPS) is 21.9. The van der Waals surface area contributed by atoms with Gasteiger partial charge in [0.1, 0.15) is 5.75 Å². The highest BCUT2D eigenvalue weighted by Crippen LogP contribution is 2.38. The lowest BCUT2D eigenvalue weighted by atomic mass is 9.84. The molecule has 29 heavy (non-hydrogen) atoms. The molecule has 1 saturated heterocycles. The zero-order valence-corrected chi connectivity index (χ0v) is 17.1. The molecule has 5 heteroatoms. The number of hydrogen-bond acceptors (Lipinski definition) is 4. The first kappa shape index (κ1) is 19.6. The number of methoxy groups -OCH3 is 1. The Morgan fingerprint density at radius 3 is 2.62 bits per heavy atom. The summed E-state index contributed by atoms with van der Waals surface area (Å²) in [5, 5.41) is 12.8. The van der Waals surface area contributed by atoms with E-state index in [-0.39, 0.29) is 29.6 Å². The Bertz CT molecular complexity index is 888. The van der Waals surface area contributed by atoms with Crippen molar-refractivity contribution in [2.24, 2.45) is 5.92 Å². The maximum atomic E-state index is 12.6. The molecule has 0 spiro atoms.